The van der Waals surface area contributed by atoms with E-state index in [2.05, 4.69) is 32.6 Å². The summed E-state index contributed by atoms with van der Waals surface area (Å²) >= 11 is 0. The summed E-state index contributed by atoms with van der Waals surface area (Å²) in [6.45, 7) is 13.6. The highest BCUT2D eigenvalue weighted by molar-refractivity contribution is 6.46. The van der Waals surface area contributed by atoms with Gasteiger partial charge in [-0.05, 0) is 55.3 Å². The van der Waals surface area contributed by atoms with Crippen LogP contribution in [-0.4, -0.2) is 59.4 Å². The molecule has 2 aromatic rings. The third-order valence-electron chi connectivity index (χ3n) is 6.23. The normalized spacial score (nSPS) is 17.7. The van der Waals surface area contributed by atoms with E-state index >= 15 is 0 Å². The molecule has 1 heterocycles. The average molecular weight is 465 g/mol. The van der Waals surface area contributed by atoms with Crippen LogP contribution in [0.25, 0.3) is 5.76 Å². The number of hydrogen-bond acceptors (Lipinski definition) is 5. The molecule has 6 heteroatoms. The minimum atomic E-state index is -0.649. The molecule has 1 fully saturated rings. The summed E-state index contributed by atoms with van der Waals surface area (Å²) in [4.78, 5) is 30.1. The van der Waals surface area contributed by atoms with Crippen molar-refractivity contribution in [2.75, 3.05) is 32.8 Å². The van der Waals surface area contributed by atoms with E-state index in [1.165, 1.54) is 0 Å². The summed E-state index contributed by atoms with van der Waals surface area (Å²) in [6, 6.07) is 14.2. The van der Waals surface area contributed by atoms with Gasteiger partial charge in [-0.15, -0.1) is 0 Å². The Morgan fingerprint density at radius 1 is 1.09 bits per heavy atom. The van der Waals surface area contributed by atoms with Crippen molar-refractivity contribution >= 4 is 17.4 Å². The van der Waals surface area contributed by atoms with E-state index in [-0.39, 0.29) is 11.3 Å². The van der Waals surface area contributed by atoms with Gasteiger partial charge >= 0.3 is 0 Å². The van der Waals surface area contributed by atoms with E-state index in [0.29, 0.717) is 31.2 Å². The molecule has 1 N–H and O–H groups in total. The molecular weight excluding hydrogens is 428 g/mol. The zero-order valence-electron chi connectivity index (χ0n) is 20.9. The smallest absolute Gasteiger partial charge is 0.295 e. The van der Waals surface area contributed by atoms with Gasteiger partial charge in [-0.25, -0.2) is 0 Å². The molecule has 0 aliphatic carbocycles. The number of carbonyl (C=O) groups excluding carboxylic acids is 2. The zero-order valence-corrected chi connectivity index (χ0v) is 20.9. The van der Waals surface area contributed by atoms with Crippen molar-refractivity contribution in [3.63, 3.8) is 0 Å². The molecule has 1 atom stereocenters. The number of aliphatic hydroxyl groups excluding tert-OH is 1. The van der Waals surface area contributed by atoms with Crippen molar-refractivity contribution < 1.29 is 19.4 Å². The molecule has 2 aromatic carbocycles. The molecule has 0 bridgehead atoms. The molecule has 1 aliphatic rings. The summed E-state index contributed by atoms with van der Waals surface area (Å²) in [5.74, 6) is -0.244. The number of hydrogen-bond donors (Lipinski definition) is 1. The molecule has 0 radical (unpaired) electrons. The average Bonchev–Trinajstić information content (AvgIpc) is 3.08. The highest BCUT2D eigenvalue weighted by Gasteiger charge is 2.45. The maximum absolute atomic E-state index is 13.2. The van der Waals surface area contributed by atoms with Crippen LogP contribution in [0, 0.1) is 12.8 Å². The number of ether oxygens (including phenoxy) is 1. The van der Waals surface area contributed by atoms with Gasteiger partial charge in [0.2, 0.25) is 0 Å². The van der Waals surface area contributed by atoms with Gasteiger partial charge in [-0.1, -0.05) is 58.0 Å². The lowest BCUT2D eigenvalue weighted by molar-refractivity contribution is -0.140. The molecule has 182 valence electrons. The second kappa shape index (κ2) is 11.3. The minimum absolute atomic E-state index is 0.131. The molecule has 0 spiro atoms. The first-order valence-electron chi connectivity index (χ1n) is 12.1. The lowest BCUT2D eigenvalue weighted by atomic mass is 9.95. The number of ketones is 1. The van der Waals surface area contributed by atoms with Crippen LogP contribution in [0.2, 0.25) is 0 Å². The zero-order chi connectivity index (χ0) is 24.8. The van der Waals surface area contributed by atoms with Crippen molar-refractivity contribution in [2.24, 2.45) is 5.92 Å². The number of rotatable bonds is 10. The van der Waals surface area contributed by atoms with Crippen molar-refractivity contribution in [1.29, 1.82) is 0 Å². The molecular formula is C28H36N2O4. The van der Waals surface area contributed by atoms with Gasteiger partial charge < -0.3 is 19.6 Å². The Hall–Kier alpha value is -3.12. The Morgan fingerprint density at radius 2 is 1.76 bits per heavy atom. The van der Waals surface area contributed by atoms with Crippen molar-refractivity contribution in [1.82, 2.24) is 9.80 Å². The number of amides is 1. The van der Waals surface area contributed by atoms with E-state index in [0.717, 1.165) is 30.0 Å². The first-order chi connectivity index (χ1) is 16.3. The second-order valence-corrected chi connectivity index (χ2v) is 9.12. The number of likely N-dealkylation sites (tertiary alicyclic amines) is 1. The lowest BCUT2D eigenvalue weighted by Crippen LogP contribution is -2.38. The number of Topliss-reactive ketones (excluding diaryl/α,β-unsaturated/α-hetero) is 1. The van der Waals surface area contributed by atoms with Crippen LogP contribution in [0.4, 0.5) is 0 Å². The topological polar surface area (TPSA) is 70.1 Å². The number of nitrogens with zero attached hydrogens (tertiary/aromatic N) is 2. The fourth-order valence-corrected chi connectivity index (χ4v) is 4.25. The molecule has 1 unspecified atom stereocenters. The number of benzene rings is 2. The van der Waals surface area contributed by atoms with Gasteiger partial charge in [0, 0.05) is 18.7 Å². The van der Waals surface area contributed by atoms with Crippen molar-refractivity contribution in [3.8, 4) is 5.75 Å². The van der Waals surface area contributed by atoms with Gasteiger partial charge in [0.1, 0.15) is 11.5 Å². The third-order valence-corrected chi connectivity index (χ3v) is 6.23. The first kappa shape index (κ1) is 25.5. The maximum atomic E-state index is 13.2. The number of aryl methyl sites for hydroxylation is 1. The Balaban J connectivity index is 2.02. The van der Waals surface area contributed by atoms with E-state index in [9.17, 15) is 14.7 Å². The van der Waals surface area contributed by atoms with Gasteiger partial charge in [-0.3, -0.25) is 9.59 Å². The highest BCUT2D eigenvalue weighted by Crippen LogP contribution is 2.39. The molecule has 0 aromatic heterocycles. The van der Waals surface area contributed by atoms with Gasteiger partial charge in [0.05, 0.1) is 18.2 Å². The quantitative estimate of drug-likeness (QED) is 0.311. The van der Waals surface area contributed by atoms with Crippen LogP contribution in [0.5, 0.6) is 5.75 Å². The fourth-order valence-electron chi connectivity index (χ4n) is 4.25. The standard InChI is InChI=1S/C28H36N2O4/c1-6-29(7-2)15-16-30-25(21-11-9-8-10-12-21)24(27(32)28(30)33)26(31)22-13-14-23(20(5)17-22)34-18-19(3)4/h8-14,17,19,25,31H,6-7,15-16,18H2,1-5H3/b26-24+. The molecule has 1 aliphatic heterocycles. The Bertz CT molecular complexity index is 1040. The SMILES string of the molecule is CCN(CC)CCN1C(=O)C(=O)/C(=C(/O)c2ccc(OCC(C)C)c(C)c2)C1c1ccccc1. The van der Waals surface area contributed by atoms with Crippen molar-refractivity contribution in [3.05, 3.63) is 70.8 Å². The highest BCUT2D eigenvalue weighted by atomic mass is 16.5. The molecule has 0 saturated carbocycles. The predicted octanol–water partition coefficient (Wildman–Crippen LogP) is 4.79. The first-order valence-corrected chi connectivity index (χ1v) is 12.1. The summed E-state index contributed by atoms with van der Waals surface area (Å²) in [5.41, 5.74) is 2.29. The molecule has 3 rings (SSSR count). The van der Waals surface area contributed by atoms with Gasteiger partial charge in [0.25, 0.3) is 11.7 Å². The van der Waals surface area contributed by atoms with Gasteiger partial charge in [0.15, 0.2) is 0 Å². The molecule has 1 amide bonds. The van der Waals surface area contributed by atoms with E-state index in [1.807, 2.05) is 37.3 Å². The van der Waals surface area contributed by atoms with Crippen LogP contribution in [-0.2, 0) is 9.59 Å². The molecule has 34 heavy (non-hydrogen) atoms. The Morgan fingerprint density at radius 3 is 2.35 bits per heavy atom. The monoisotopic (exact) mass is 464 g/mol. The summed E-state index contributed by atoms with van der Waals surface area (Å²) in [6.07, 6.45) is 0. The van der Waals surface area contributed by atoms with E-state index in [4.69, 9.17) is 4.74 Å². The van der Waals surface area contributed by atoms with Crippen LogP contribution in [0.15, 0.2) is 54.1 Å². The summed E-state index contributed by atoms with van der Waals surface area (Å²) < 4.78 is 5.85. The van der Waals surface area contributed by atoms with E-state index in [1.54, 1.807) is 23.1 Å². The Labute approximate surface area is 202 Å². The number of likely N-dealkylation sites (N-methyl/N-ethyl adjacent to an activating group) is 1. The minimum Gasteiger partial charge on any atom is -0.507 e. The summed E-state index contributed by atoms with van der Waals surface area (Å²) in [7, 11) is 0. The second-order valence-electron chi connectivity index (χ2n) is 9.12. The maximum Gasteiger partial charge on any atom is 0.295 e. The number of aliphatic hydroxyl groups is 1. The van der Waals surface area contributed by atoms with Crippen LogP contribution < -0.4 is 4.74 Å². The van der Waals surface area contributed by atoms with E-state index < -0.39 is 17.7 Å². The Kier molecular flexibility index (Phi) is 8.51. The van der Waals surface area contributed by atoms with Gasteiger partial charge in [-0.2, -0.15) is 0 Å². The fraction of sp³-hybridized carbons (Fsp3) is 0.429. The van der Waals surface area contributed by atoms with Crippen LogP contribution in [0.1, 0.15) is 50.4 Å². The molecule has 1 saturated heterocycles. The predicted molar refractivity (Wildman–Crippen MR) is 135 cm³/mol. The van der Waals surface area contributed by atoms with Crippen molar-refractivity contribution in [2.45, 2.75) is 40.7 Å². The number of carbonyl (C=O) groups is 2. The lowest BCUT2D eigenvalue weighted by Gasteiger charge is -2.28. The third kappa shape index (κ3) is 5.50. The van der Waals surface area contributed by atoms with Crippen LogP contribution >= 0.6 is 0 Å². The van der Waals surface area contributed by atoms with Crippen LogP contribution in [0.3, 0.4) is 0 Å². The molecule has 6 nitrogen and oxygen atoms in total. The summed E-state index contributed by atoms with van der Waals surface area (Å²) in [5, 5.41) is 11.3. The largest absolute Gasteiger partial charge is 0.507 e.